The smallest absolute Gasteiger partial charge is 0.231 e. The molecule has 1 aromatic rings. The predicted octanol–water partition coefficient (Wildman–Crippen LogP) is -0.105. The van der Waals surface area contributed by atoms with Gasteiger partial charge in [0.05, 0.1) is 6.54 Å². The molecule has 0 spiro atoms. The van der Waals surface area contributed by atoms with Gasteiger partial charge in [0.25, 0.3) is 0 Å². The molecule has 20 heavy (non-hydrogen) atoms. The van der Waals surface area contributed by atoms with Gasteiger partial charge in [-0.15, -0.1) is 0 Å². The van der Waals surface area contributed by atoms with Crippen molar-refractivity contribution >= 4 is 11.8 Å². The summed E-state index contributed by atoms with van der Waals surface area (Å²) in [6, 6.07) is 3.78. The van der Waals surface area contributed by atoms with Crippen LogP contribution in [-0.4, -0.2) is 41.3 Å². The van der Waals surface area contributed by atoms with Crippen LogP contribution >= 0.6 is 0 Å². The van der Waals surface area contributed by atoms with Crippen LogP contribution < -0.4 is 11.1 Å². The van der Waals surface area contributed by atoms with Crippen molar-refractivity contribution in [2.24, 2.45) is 11.7 Å². The minimum absolute atomic E-state index is 0.0239. The van der Waals surface area contributed by atoms with Crippen LogP contribution in [0.25, 0.3) is 0 Å². The van der Waals surface area contributed by atoms with Gasteiger partial charge in [0.2, 0.25) is 11.8 Å². The third-order valence-corrected chi connectivity index (χ3v) is 3.53. The molecule has 0 aliphatic carbocycles. The van der Waals surface area contributed by atoms with Crippen molar-refractivity contribution in [2.45, 2.75) is 19.4 Å². The number of nitrogens with two attached hydrogens (primary N) is 1. The summed E-state index contributed by atoms with van der Waals surface area (Å²) >= 11 is 0. The van der Waals surface area contributed by atoms with Crippen molar-refractivity contribution in [1.82, 2.24) is 15.2 Å². The van der Waals surface area contributed by atoms with E-state index in [1.165, 1.54) is 0 Å². The van der Waals surface area contributed by atoms with Crippen LogP contribution in [0.5, 0.6) is 0 Å². The first-order valence-electron chi connectivity index (χ1n) is 6.82. The van der Waals surface area contributed by atoms with Crippen LogP contribution in [-0.2, 0) is 16.1 Å². The Morgan fingerprint density at radius 1 is 1.40 bits per heavy atom. The monoisotopic (exact) mass is 276 g/mol. The third-order valence-electron chi connectivity index (χ3n) is 3.53. The Morgan fingerprint density at radius 2 is 2.15 bits per heavy atom. The molecule has 0 aromatic carbocycles. The number of amides is 2. The van der Waals surface area contributed by atoms with Gasteiger partial charge in [-0.05, 0) is 37.6 Å². The van der Waals surface area contributed by atoms with E-state index in [0.29, 0.717) is 6.54 Å². The molecule has 1 saturated heterocycles. The summed E-state index contributed by atoms with van der Waals surface area (Å²) < 4.78 is 0. The fourth-order valence-electron chi connectivity index (χ4n) is 2.41. The third kappa shape index (κ3) is 4.31. The Bertz CT molecular complexity index is 456. The number of likely N-dealkylation sites (tertiary alicyclic amines) is 1. The van der Waals surface area contributed by atoms with E-state index >= 15 is 0 Å². The standard InChI is InChI=1S/C14H20N4O2/c15-13(19)10-18-6-3-12(4-7-18)14(20)17-9-11-2-1-5-16-8-11/h1-2,5,8,12H,3-4,6-7,9-10H2,(H2,15,19)(H,17,20). The molecule has 1 aromatic heterocycles. The van der Waals surface area contributed by atoms with Gasteiger partial charge in [-0.2, -0.15) is 0 Å². The van der Waals surface area contributed by atoms with Crippen LogP contribution in [0.1, 0.15) is 18.4 Å². The average Bonchev–Trinajstić information content (AvgIpc) is 2.46. The van der Waals surface area contributed by atoms with Gasteiger partial charge >= 0.3 is 0 Å². The molecule has 3 N–H and O–H groups in total. The summed E-state index contributed by atoms with van der Waals surface area (Å²) in [6.07, 6.45) is 4.99. The molecule has 108 valence electrons. The lowest BCUT2D eigenvalue weighted by atomic mass is 9.96. The molecule has 2 heterocycles. The van der Waals surface area contributed by atoms with Gasteiger partial charge in [-0.25, -0.2) is 0 Å². The fraction of sp³-hybridized carbons (Fsp3) is 0.500. The summed E-state index contributed by atoms with van der Waals surface area (Å²) in [5.41, 5.74) is 6.16. The quantitative estimate of drug-likeness (QED) is 0.785. The second-order valence-electron chi connectivity index (χ2n) is 5.10. The zero-order valence-corrected chi connectivity index (χ0v) is 11.4. The van der Waals surface area contributed by atoms with Gasteiger partial charge in [0.1, 0.15) is 0 Å². The number of hydrogen-bond acceptors (Lipinski definition) is 4. The number of nitrogens with one attached hydrogen (secondary N) is 1. The van der Waals surface area contributed by atoms with E-state index in [0.717, 1.165) is 31.5 Å². The number of primary amides is 1. The molecule has 0 unspecified atom stereocenters. The van der Waals surface area contributed by atoms with E-state index in [2.05, 4.69) is 10.3 Å². The summed E-state index contributed by atoms with van der Waals surface area (Å²) in [4.78, 5) is 28.9. The largest absolute Gasteiger partial charge is 0.369 e. The van der Waals surface area contributed by atoms with Crippen LogP contribution in [0.15, 0.2) is 24.5 Å². The number of pyridine rings is 1. The van der Waals surface area contributed by atoms with Gasteiger partial charge < -0.3 is 11.1 Å². The van der Waals surface area contributed by atoms with Crippen LogP contribution in [0.2, 0.25) is 0 Å². The highest BCUT2D eigenvalue weighted by atomic mass is 16.2. The lowest BCUT2D eigenvalue weighted by Crippen LogP contribution is -2.43. The summed E-state index contributed by atoms with van der Waals surface area (Å²) in [6.45, 7) is 2.28. The first-order chi connectivity index (χ1) is 9.65. The molecule has 1 aliphatic rings. The predicted molar refractivity (Wildman–Crippen MR) is 74.4 cm³/mol. The lowest BCUT2D eigenvalue weighted by Gasteiger charge is -2.30. The first-order valence-corrected chi connectivity index (χ1v) is 6.82. The van der Waals surface area contributed by atoms with Crippen molar-refractivity contribution in [3.8, 4) is 0 Å². The van der Waals surface area contributed by atoms with Crippen LogP contribution in [0.4, 0.5) is 0 Å². The molecule has 2 rings (SSSR count). The number of hydrogen-bond donors (Lipinski definition) is 2. The number of carbonyl (C=O) groups excluding carboxylic acids is 2. The molecule has 2 amide bonds. The van der Waals surface area contributed by atoms with Crippen LogP contribution in [0, 0.1) is 5.92 Å². The molecule has 0 atom stereocenters. The maximum atomic E-state index is 12.1. The number of rotatable bonds is 5. The summed E-state index contributed by atoms with van der Waals surface area (Å²) in [5, 5.41) is 2.94. The van der Waals surface area contributed by atoms with Crippen molar-refractivity contribution < 1.29 is 9.59 Å². The molecule has 1 fully saturated rings. The second-order valence-corrected chi connectivity index (χ2v) is 5.10. The Kier molecular flexibility index (Phi) is 5.06. The van der Waals surface area contributed by atoms with Gasteiger partial charge in [0.15, 0.2) is 0 Å². The minimum atomic E-state index is -0.315. The highest BCUT2D eigenvalue weighted by molar-refractivity contribution is 5.79. The van der Waals surface area contributed by atoms with E-state index < -0.39 is 0 Å². The second kappa shape index (κ2) is 7.00. The number of carbonyl (C=O) groups is 2. The van der Waals surface area contributed by atoms with Gasteiger partial charge in [0, 0.05) is 24.9 Å². The Labute approximate surface area is 118 Å². The Hall–Kier alpha value is -1.95. The van der Waals surface area contributed by atoms with E-state index in [1.807, 2.05) is 17.0 Å². The molecule has 0 bridgehead atoms. The van der Waals surface area contributed by atoms with Gasteiger partial charge in [-0.1, -0.05) is 6.07 Å². The molecule has 1 aliphatic heterocycles. The zero-order valence-electron chi connectivity index (χ0n) is 11.4. The normalized spacial score (nSPS) is 16.8. The van der Waals surface area contributed by atoms with Crippen molar-refractivity contribution in [3.05, 3.63) is 30.1 Å². The molecule has 6 heteroatoms. The summed E-state index contributed by atoms with van der Waals surface area (Å²) in [5.74, 6) is -0.215. The maximum absolute atomic E-state index is 12.1. The van der Waals surface area contributed by atoms with E-state index in [9.17, 15) is 9.59 Å². The SMILES string of the molecule is NC(=O)CN1CCC(C(=O)NCc2cccnc2)CC1. The topological polar surface area (TPSA) is 88.3 Å². The minimum Gasteiger partial charge on any atom is -0.369 e. The van der Waals surface area contributed by atoms with E-state index in [1.54, 1.807) is 12.4 Å². The molecule has 0 radical (unpaired) electrons. The number of piperidine rings is 1. The highest BCUT2D eigenvalue weighted by Gasteiger charge is 2.25. The van der Waals surface area contributed by atoms with Crippen LogP contribution in [0.3, 0.4) is 0 Å². The van der Waals surface area contributed by atoms with Crippen molar-refractivity contribution in [2.75, 3.05) is 19.6 Å². The maximum Gasteiger partial charge on any atom is 0.231 e. The highest BCUT2D eigenvalue weighted by Crippen LogP contribution is 2.17. The molecule has 6 nitrogen and oxygen atoms in total. The Balaban J connectivity index is 1.73. The number of aromatic nitrogens is 1. The number of nitrogens with zero attached hydrogens (tertiary/aromatic N) is 2. The van der Waals surface area contributed by atoms with E-state index in [4.69, 9.17) is 5.73 Å². The van der Waals surface area contributed by atoms with E-state index in [-0.39, 0.29) is 24.3 Å². The Morgan fingerprint density at radius 3 is 2.75 bits per heavy atom. The summed E-state index contributed by atoms with van der Waals surface area (Å²) in [7, 11) is 0. The fourth-order valence-corrected chi connectivity index (χ4v) is 2.41. The molecular weight excluding hydrogens is 256 g/mol. The van der Waals surface area contributed by atoms with Gasteiger partial charge in [-0.3, -0.25) is 19.5 Å². The molecular formula is C14H20N4O2. The average molecular weight is 276 g/mol. The first kappa shape index (κ1) is 14.5. The zero-order chi connectivity index (χ0) is 14.4. The van der Waals surface area contributed by atoms with Crippen molar-refractivity contribution in [3.63, 3.8) is 0 Å². The molecule has 0 saturated carbocycles. The lowest BCUT2D eigenvalue weighted by molar-refractivity contribution is -0.126. The van der Waals surface area contributed by atoms with Crippen molar-refractivity contribution in [1.29, 1.82) is 0 Å².